The van der Waals surface area contributed by atoms with E-state index < -0.39 is 10.0 Å². The summed E-state index contributed by atoms with van der Waals surface area (Å²) in [6.45, 7) is 1.17. The van der Waals surface area contributed by atoms with Crippen LogP contribution in [-0.2, 0) is 10.0 Å². The third-order valence-electron chi connectivity index (χ3n) is 4.52. The van der Waals surface area contributed by atoms with Crippen LogP contribution in [0.15, 0.2) is 58.8 Å². The van der Waals surface area contributed by atoms with Gasteiger partial charge in [0.05, 0.1) is 10.6 Å². The Hall–Kier alpha value is -1.80. The molecule has 28 heavy (non-hydrogen) atoms. The molecular weight excluding hydrogens is 416 g/mol. The van der Waals surface area contributed by atoms with E-state index in [-0.39, 0.29) is 19.0 Å². The third-order valence-corrected chi connectivity index (χ3v) is 7.14. The lowest BCUT2D eigenvalue weighted by molar-refractivity contribution is 0.0698. The summed E-state index contributed by atoms with van der Waals surface area (Å²) >= 11 is 7.73. The second kappa shape index (κ2) is 9.13. The zero-order chi connectivity index (χ0) is 20.1. The average Bonchev–Trinajstić information content (AvgIpc) is 2.73. The number of amides is 1. The molecule has 0 saturated carbocycles. The van der Waals surface area contributed by atoms with E-state index >= 15 is 0 Å². The maximum atomic E-state index is 12.8. The highest BCUT2D eigenvalue weighted by atomic mass is 35.5. The Labute approximate surface area is 175 Å². The maximum absolute atomic E-state index is 12.8. The van der Waals surface area contributed by atoms with Crippen molar-refractivity contribution < 1.29 is 13.2 Å². The van der Waals surface area contributed by atoms with Crippen molar-refractivity contribution in [1.29, 1.82) is 0 Å². The van der Waals surface area contributed by atoms with Gasteiger partial charge in [0.1, 0.15) is 0 Å². The summed E-state index contributed by atoms with van der Waals surface area (Å²) in [7, 11) is -3.53. The summed E-state index contributed by atoms with van der Waals surface area (Å²) < 4.78 is 26.5. The normalized spacial score (nSPS) is 15.9. The molecule has 0 atom stereocenters. The van der Waals surface area contributed by atoms with Gasteiger partial charge in [-0.05, 0) is 36.1 Å². The van der Waals surface area contributed by atoms with Crippen LogP contribution < -0.4 is 0 Å². The van der Waals surface area contributed by atoms with Gasteiger partial charge < -0.3 is 4.90 Å². The first-order chi connectivity index (χ1) is 13.4. The first-order valence-corrected chi connectivity index (χ1v) is 11.9. The lowest BCUT2D eigenvalue weighted by Crippen LogP contribution is -2.50. The number of piperazine rings is 1. The van der Waals surface area contributed by atoms with Crippen molar-refractivity contribution in [2.45, 2.75) is 4.90 Å². The van der Waals surface area contributed by atoms with E-state index in [2.05, 4.69) is 0 Å². The standard InChI is InChI=1S/C20H21ClN2O3S2/c1-27-17-7-8-19(21)18(15-17)20(24)22-10-12-23(13-11-22)28(25,26)14-9-16-5-3-2-4-6-16/h2-9,14-15H,10-13H2,1H3/b14-9+. The van der Waals surface area contributed by atoms with E-state index in [1.807, 2.05) is 42.7 Å². The van der Waals surface area contributed by atoms with Gasteiger partial charge in [-0.3, -0.25) is 4.79 Å². The smallest absolute Gasteiger partial charge is 0.255 e. The van der Waals surface area contributed by atoms with Gasteiger partial charge in [0.15, 0.2) is 0 Å². The minimum absolute atomic E-state index is 0.169. The van der Waals surface area contributed by atoms with E-state index in [1.54, 1.807) is 23.1 Å². The predicted molar refractivity (Wildman–Crippen MR) is 115 cm³/mol. The Bertz CT molecular complexity index is 970. The summed E-state index contributed by atoms with van der Waals surface area (Å²) in [5.41, 5.74) is 1.28. The van der Waals surface area contributed by atoms with Crippen LogP contribution in [0.4, 0.5) is 0 Å². The Morgan fingerprint density at radius 3 is 2.39 bits per heavy atom. The van der Waals surface area contributed by atoms with E-state index in [4.69, 9.17) is 11.6 Å². The molecule has 8 heteroatoms. The van der Waals surface area contributed by atoms with Crippen molar-refractivity contribution in [3.63, 3.8) is 0 Å². The molecule has 5 nitrogen and oxygen atoms in total. The summed E-state index contributed by atoms with van der Waals surface area (Å²) in [5, 5.41) is 1.63. The molecule has 1 saturated heterocycles. The Balaban J connectivity index is 1.65. The van der Waals surface area contributed by atoms with Crippen LogP contribution >= 0.6 is 23.4 Å². The molecule has 1 heterocycles. The van der Waals surface area contributed by atoms with E-state index in [9.17, 15) is 13.2 Å². The monoisotopic (exact) mass is 436 g/mol. The van der Waals surface area contributed by atoms with Crippen molar-refractivity contribution in [3.05, 3.63) is 70.1 Å². The number of carbonyl (C=O) groups is 1. The molecule has 0 N–H and O–H groups in total. The van der Waals surface area contributed by atoms with Crippen LogP contribution in [0.5, 0.6) is 0 Å². The van der Waals surface area contributed by atoms with Gasteiger partial charge in [-0.25, -0.2) is 8.42 Å². The minimum atomic E-state index is -3.53. The van der Waals surface area contributed by atoms with Gasteiger partial charge in [-0.15, -0.1) is 11.8 Å². The van der Waals surface area contributed by atoms with Crippen LogP contribution in [0.3, 0.4) is 0 Å². The maximum Gasteiger partial charge on any atom is 0.255 e. The zero-order valence-corrected chi connectivity index (χ0v) is 17.8. The predicted octanol–water partition coefficient (Wildman–Crippen LogP) is 3.82. The van der Waals surface area contributed by atoms with Crippen LogP contribution in [0.2, 0.25) is 5.02 Å². The van der Waals surface area contributed by atoms with E-state index in [0.29, 0.717) is 23.7 Å². The lowest BCUT2D eigenvalue weighted by atomic mass is 10.2. The third kappa shape index (κ3) is 4.97. The average molecular weight is 437 g/mol. The molecule has 1 aliphatic rings. The molecule has 2 aromatic carbocycles. The van der Waals surface area contributed by atoms with Crippen LogP contribution in [-0.4, -0.2) is 56.0 Å². The topological polar surface area (TPSA) is 57.7 Å². The summed E-state index contributed by atoms with van der Waals surface area (Å²) in [6.07, 6.45) is 3.52. The van der Waals surface area contributed by atoms with Gasteiger partial charge in [-0.2, -0.15) is 4.31 Å². The van der Waals surface area contributed by atoms with Crippen LogP contribution in [0.1, 0.15) is 15.9 Å². The molecule has 0 aromatic heterocycles. The molecule has 0 spiro atoms. The first kappa shape index (κ1) is 20.9. The number of carbonyl (C=O) groups excluding carboxylic acids is 1. The van der Waals surface area contributed by atoms with Crippen molar-refractivity contribution in [3.8, 4) is 0 Å². The van der Waals surface area contributed by atoms with E-state index in [0.717, 1.165) is 10.5 Å². The Kier molecular flexibility index (Phi) is 6.82. The fourth-order valence-electron chi connectivity index (χ4n) is 2.93. The number of benzene rings is 2. The molecule has 1 aliphatic heterocycles. The molecule has 0 unspecified atom stereocenters. The number of nitrogens with zero attached hydrogens (tertiary/aromatic N) is 2. The minimum Gasteiger partial charge on any atom is -0.336 e. The van der Waals surface area contributed by atoms with Gasteiger partial charge >= 0.3 is 0 Å². The second-order valence-corrected chi connectivity index (χ2v) is 9.40. The fourth-order valence-corrected chi connectivity index (χ4v) is 4.74. The lowest BCUT2D eigenvalue weighted by Gasteiger charge is -2.33. The molecule has 148 valence electrons. The highest BCUT2D eigenvalue weighted by Gasteiger charge is 2.28. The molecule has 1 amide bonds. The van der Waals surface area contributed by atoms with Gasteiger partial charge in [-0.1, -0.05) is 41.9 Å². The number of sulfonamides is 1. The number of thioether (sulfide) groups is 1. The summed E-state index contributed by atoms with van der Waals surface area (Å²) in [5.74, 6) is -0.169. The Morgan fingerprint density at radius 2 is 1.75 bits per heavy atom. The summed E-state index contributed by atoms with van der Waals surface area (Å²) in [6, 6.07) is 14.6. The molecule has 2 aromatic rings. The van der Waals surface area contributed by atoms with Crippen molar-refractivity contribution >= 4 is 45.4 Å². The molecule has 0 aliphatic carbocycles. The Morgan fingerprint density at radius 1 is 1.07 bits per heavy atom. The van der Waals surface area contributed by atoms with Crippen LogP contribution in [0, 0.1) is 0 Å². The highest BCUT2D eigenvalue weighted by Crippen LogP contribution is 2.25. The van der Waals surface area contributed by atoms with E-state index in [1.165, 1.54) is 21.5 Å². The fraction of sp³-hybridized carbons (Fsp3) is 0.250. The van der Waals surface area contributed by atoms with Gasteiger partial charge in [0.25, 0.3) is 5.91 Å². The zero-order valence-electron chi connectivity index (χ0n) is 15.4. The number of hydrogen-bond acceptors (Lipinski definition) is 4. The second-order valence-electron chi connectivity index (χ2n) is 6.30. The first-order valence-electron chi connectivity index (χ1n) is 8.77. The number of rotatable bonds is 5. The molecular formula is C20H21ClN2O3S2. The van der Waals surface area contributed by atoms with Crippen molar-refractivity contribution in [1.82, 2.24) is 9.21 Å². The highest BCUT2D eigenvalue weighted by molar-refractivity contribution is 7.98. The molecule has 0 bridgehead atoms. The molecule has 0 radical (unpaired) electrons. The largest absolute Gasteiger partial charge is 0.336 e. The van der Waals surface area contributed by atoms with Crippen molar-refractivity contribution in [2.24, 2.45) is 0 Å². The number of halogens is 1. The van der Waals surface area contributed by atoms with Crippen molar-refractivity contribution in [2.75, 3.05) is 32.4 Å². The van der Waals surface area contributed by atoms with Gasteiger partial charge in [0.2, 0.25) is 10.0 Å². The molecule has 1 fully saturated rings. The quantitative estimate of drug-likeness (QED) is 0.668. The van der Waals surface area contributed by atoms with Gasteiger partial charge in [0, 0.05) is 36.5 Å². The SMILES string of the molecule is CSc1ccc(Cl)c(C(=O)N2CCN(S(=O)(=O)/C=C/c3ccccc3)CC2)c1. The molecule has 3 rings (SSSR count). The number of hydrogen-bond donors (Lipinski definition) is 0. The van der Waals surface area contributed by atoms with Crippen LogP contribution in [0.25, 0.3) is 6.08 Å². The summed E-state index contributed by atoms with van der Waals surface area (Å²) in [4.78, 5) is 15.4.